The van der Waals surface area contributed by atoms with Crippen LogP contribution < -0.4 is 15.8 Å². The molecule has 3 N–H and O–H groups in total. The van der Waals surface area contributed by atoms with Gasteiger partial charge < -0.3 is 20.7 Å². The van der Waals surface area contributed by atoms with Gasteiger partial charge in [0.25, 0.3) is 11.8 Å². The Bertz CT molecular complexity index is 1180. The van der Waals surface area contributed by atoms with E-state index in [1.165, 1.54) is 0 Å². The van der Waals surface area contributed by atoms with E-state index < -0.39 is 17.5 Å². The molecule has 1 fully saturated rings. The maximum Gasteiger partial charge on any atom is 0.262 e. The molecule has 0 atom stereocenters. The summed E-state index contributed by atoms with van der Waals surface area (Å²) in [6.45, 7) is 0.0768. The maximum absolute atomic E-state index is 13.8. The molecule has 0 aliphatic heterocycles. The summed E-state index contributed by atoms with van der Waals surface area (Å²) < 4.78 is 33.2. The van der Waals surface area contributed by atoms with Crippen molar-refractivity contribution in [1.82, 2.24) is 4.90 Å². The predicted octanol–water partition coefficient (Wildman–Crippen LogP) is 4.89. The lowest BCUT2D eigenvalue weighted by Crippen LogP contribution is -2.44. The average Bonchev–Trinajstić information content (AvgIpc) is 2.86. The van der Waals surface area contributed by atoms with Crippen molar-refractivity contribution in [1.29, 1.82) is 0 Å². The Morgan fingerprint density at radius 3 is 2.31 bits per heavy atom. The molecule has 4 rings (SSSR count). The first-order valence-corrected chi connectivity index (χ1v) is 12.0. The number of carbonyl (C=O) groups is 2. The fourth-order valence-electron chi connectivity index (χ4n) is 4.43. The predicted molar refractivity (Wildman–Crippen MR) is 133 cm³/mol. The van der Waals surface area contributed by atoms with Crippen LogP contribution in [-0.4, -0.2) is 35.4 Å². The molecule has 0 radical (unpaired) electrons. The van der Waals surface area contributed by atoms with Gasteiger partial charge in [-0.25, -0.2) is 8.78 Å². The zero-order valence-corrected chi connectivity index (χ0v) is 19.8. The number of halogens is 2. The number of hydrogen-bond donors (Lipinski definition) is 2. The van der Waals surface area contributed by atoms with Crippen LogP contribution in [0.1, 0.15) is 41.6 Å². The van der Waals surface area contributed by atoms with Crippen molar-refractivity contribution in [2.24, 2.45) is 5.73 Å². The lowest BCUT2D eigenvalue weighted by atomic mass is 9.90. The van der Waals surface area contributed by atoms with Gasteiger partial charge in [-0.05, 0) is 67.6 Å². The summed E-state index contributed by atoms with van der Waals surface area (Å²) in [5.41, 5.74) is 7.35. The Morgan fingerprint density at radius 1 is 0.917 bits per heavy atom. The van der Waals surface area contributed by atoms with E-state index in [1.807, 2.05) is 24.3 Å². The summed E-state index contributed by atoms with van der Waals surface area (Å²) in [6.07, 6.45) is 2.95. The second kappa shape index (κ2) is 11.8. The molecule has 0 aromatic heterocycles. The number of nitrogens with one attached hydrogen (secondary N) is 1. The smallest absolute Gasteiger partial charge is 0.262 e. The summed E-state index contributed by atoms with van der Waals surface area (Å²) in [4.78, 5) is 27.4. The molecule has 1 aliphatic carbocycles. The number of benzene rings is 3. The Morgan fingerprint density at radius 2 is 1.61 bits per heavy atom. The van der Waals surface area contributed by atoms with E-state index >= 15 is 0 Å². The van der Waals surface area contributed by atoms with Crippen LogP contribution in [0.3, 0.4) is 0 Å². The topological polar surface area (TPSA) is 84.7 Å². The number of nitrogens with zero attached hydrogens (tertiary/aromatic N) is 1. The summed E-state index contributed by atoms with van der Waals surface area (Å²) in [7, 11) is 0. The van der Waals surface area contributed by atoms with Gasteiger partial charge in [-0.15, -0.1) is 0 Å². The minimum absolute atomic E-state index is 0.0371. The van der Waals surface area contributed by atoms with Crippen molar-refractivity contribution in [3.05, 3.63) is 95.6 Å². The molecule has 6 nitrogen and oxygen atoms in total. The molecule has 0 heterocycles. The number of amides is 2. The highest BCUT2D eigenvalue weighted by molar-refractivity contribution is 5.94. The lowest BCUT2D eigenvalue weighted by molar-refractivity contribution is -0.118. The van der Waals surface area contributed by atoms with Gasteiger partial charge in [0.2, 0.25) is 0 Å². The van der Waals surface area contributed by atoms with Gasteiger partial charge in [0.1, 0.15) is 17.4 Å². The molecule has 188 valence electrons. The molecule has 36 heavy (non-hydrogen) atoms. The quantitative estimate of drug-likeness (QED) is 0.468. The summed E-state index contributed by atoms with van der Waals surface area (Å²) in [6, 6.07) is 19.0. The van der Waals surface area contributed by atoms with Gasteiger partial charge in [-0.2, -0.15) is 0 Å². The number of anilines is 1. The molecule has 0 saturated heterocycles. The third kappa shape index (κ3) is 6.88. The minimum atomic E-state index is -0.800. The van der Waals surface area contributed by atoms with Crippen molar-refractivity contribution in [2.75, 3.05) is 11.9 Å². The SMILES string of the molecule is NC1CCC(N(Cc2cccc(NC(=O)COc3ccccc3)c2)C(=O)c2cc(F)cc(F)c2)CC1. The minimum Gasteiger partial charge on any atom is -0.484 e. The highest BCUT2D eigenvalue weighted by Gasteiger charge is 2.29. The van der Waals surface area contributed by atoms with Gasteiger partial charge in [-0.3, -0.25) is 9.59 Å². The third-order valence-corrected chi connectivity index (χ3v) is 6.23. The number of ether oxygens (including phenoxy) is 1. The molecule has 0 spiro atoms. The van der Waals surface area contributed by atoms with Crippen LogP contribution in [0.2, 0.25) is 0 Å². The zero-order valence-electron chi connectivity index (χ0n) is 19.8. The van der Waals surface area contributed by atoms with Gasteiger partial charge in [0, 0.05) is 35.9 Å². The number of rotatable bonds is 8. The lowest BCUT2D eigenvalue weighted by Gasteiger charge is -2.36. The van der Waals surface area contributed by atoms with Gasteiger partial charge >= 0.3 is 0 Å². The first-order chi connectivity index (χ1) is 17.4. The number of para-hydroxylation sites is 1. The van der Waals surface area contributed by atoms with Crippen LogP contribution in [0.25, 0.3) is 0 Å². The molecule has 2 amide bonds. The summed E-state index contributed by atoms with van der Waals surface area (Å²) in [5, 5.41) is 2.80. The monoisotopic (exact) mass is 493 g/mol. The molecule has 3 aromatic carbocycles. The zero-order chi connectivity index (χ0) is 25.5. The van der Waals surface area contributed by atoms with Gasteiger partial charge in [0.15, 0.2) is 6.61 Å². The highest BCUT2D eigenvalue weighted by Crippen LogP contribution is 2.26. The van der Waals surface area contributed by atoms with Gasteiger partial charge in [0.05, 0.1) is 0 Å². The van der Waals surface area contributed by atoms with Crippen molar-refractivity contribution >= 4 is 17.5 Å². The van der Waals surface area contributed by atoms with E-state index in [2.05, 4.69) is 5.32 Å². The van der Waals surface area contributed by atoms with Crippen molar-refractivity contribution in [2.45, 2.75) is 44.3 Å². The van der Waals surface area contributed by atoms with Crippen molar-refractivity contribution < 1.29 is 23.1 Å². The fraction of sp³-hybridized carbons (Fsp3) is 0.286. The Hall–Kier alpha value is -3.78. The first-order valence-electron chi connectivity index (χ1n) is 12.0. The molecule has 1 aliphatic rings. The van der Waals surface area contributed by atoms with Crippen LogP contribution in [0.15, 0.2) is 72.8 Å². The van der Waals surface area contributed by atoms with Crippen molar-refractivity contribution in [3.8, 4) is 5.75 Å². The van der Waals surface area contributed by atoms with E-state index in [9.17, 15) is 18.4 Å². The molecule has 3 aromatic rings. The van der Waals surface area contributed by atoms with Gasteiger partial charge in [-0.1, -0.05) is 30.3 Å². The van der Waals surface area contributed by atoms with E-state index in [1.54, 1.807) is 35.2 Å². The van der Waals surface area contributed by atoms with Crippen molar-refractivity contribution in [3.63, 3.8) is 0 Å². The second-order valence-corrected chi connectivity index (χ2v) is 9.01. The largest absolute Gasteiger partial charge is 0.484 e. The summed E-state index contributed by atoms with van der Waals surface area (Å²) >= 11 is 0. The summed E-state index contributed by atoms with van der Waals surface area (Å²) in [5.74, 6) is -1.77. The molecular formula is C28H29F2N3O3. The molecular weight excluding hydrogens is 464 g/mol. The fourth-order valence-corrected chi connectivity index (χ4v) is 4.43. The number of hydrogen-bond acceptors (Lipinski definition) is 4. The van der Waals surface area contributed by atoms with E-state index in [-0.39, 0.29) is 36.7 Å². The van der Waals surface area contributed by atoms with Crippen LogP contribution in [0.5, 0.6) is 5.75 Å². The van der Waals surface area contributed by atoms with Crippen LogP contribution >= 0.6 is 0 Å². The molecule has 0 unspecified atom stereocenters. The Labute approximate surface area is 209 Å². The van der Waals surface area contributed by atoms with E-state index in [4.69, 9.17) is 10.5 Å². The molecule has 1 saturated carbocycles. The maximum atomic E-state index is 13.8. The van der Waals surface area contributed by atoms with E-state index in [0.29, 0.717) is 24.3 Å². The van der Waals surface area contributed by atoms with Crippen LogP contribution in [0.4, 0.5) is 14.5 Å². The van der Waals surface area contributed by atoms with E-state index in [0.717, 1.165) is 36.6 Å². The first kappa shape index (κ1) is 25.3. The average molecular weight is 494 g/mol. The number of nitrogens with two attached hydrogens (primary N) is 1. The van der Waals surface area contributed by atoms with Crippen LogP contribution in [0, 0.1) is 11.6 Å². The second-order valence-electron chi connectivity index (χ2n) is 9.01. The standard InChI is InChI=1S/C28H29F2N3O3/c29-21-14-20(15-22(30)16-21)28(35)33(25-11-9-23(31)10-12-25)17-19-5-4-6-24(13-19)32-27(34)18-36-26-7-2-1-3-8-26/h1-8,13-16,23,25H,9-12,17-18,31H2,(H,32,34). The molecule has 8 heteroatoms. The van der Waals surface area contributed by atoms with Crippen LogP contribution in [-0.2, 0) is 11.3 Å². The Balaban J connectivity index is 1.48. The number of carbonyl (C=O) groups excluding carboxylic acids is 2. The third-order valence-electron chi connectivity index (χ3n) is 6.23. The Kier molecular flexibility index (Phi) is 8.28. The normalized spacial score (nSPS) is 17.3. The molecule has 0 bridgehead atoms. The highest BCUT2D eigenvalue weighted by atomic mass is 19.1.